The summed E-state index contributed by atoms with van der Waals surface area (Å²) in [5.74, 6) is 1.74. The van der Waals surface area contributed by atoms with E-state index >= 15 is 0 Å². The van der Waals surface area contributed by atoms with Crippen LogP contribution in [0, 0.1) is 3.57 Å². The van der Waals surface area contributed by atoms with Crippen LogP contribution < -0.4 is 9.64 Å². The molecule has 0 spiro atoms. The lowest BCUT2D eigenvalue weighted by Crippen LogP contribution is -2.29. The third kappa shape index (κ3) is 3.58. The number of anilines is 1. The van der Waals surface area contributed by atoms with Crippen molar-refractivity contribution >= 4 is 34.1 Å². The number of nitrogens with zero attached hydrogens (tertiary/aromatic N) is 3. The summed E-state index contributed by atoms with van der Waals surface area (Å²) in [7, 11) is 0. The molecule has 0 unspecified atom stereocenters. The fraction of sp³-hybridized carbons (Fsp3) is 0.294. The number of hydrogen-bond donors (Lipinski definition) is 0. The van der Waals surface area contributed by atoms with Crippen LogP contribution in [0.25, 0.3) is 5.57 Å². The number of rotatable bonds is 4. The zero-order valence-electron chi connectivity index (χ0n) is 12.5. The van der Waals surface area contributed by atoms with Crippen molar-refractivity contribution in [2.45, 2.75) is 13.3 Å². The molecule has 0 saturated heterocycles. The molecule has 0 amide bonds. The predicted octanol–water partition coefficient (Wildman–Crippen LogP) is 3.77. The molecule has 2 aromatic rings. The summed E-state index contributed by atoms with van der Waals surface area (Å²) in [5, 5.41) is 0. The van der Waals surface area contributed by atoms with E-state index in [1.165, 1.54) is 11.1 Å². The van der Waals surface area contributed by atoms with Crippen LogP contribution in [-0.4, -0.2) is 29.7 Å². The van der Waals surface area contributed by atoms with E-state index in [1.807, 2.05) is 31.5 Å². The summed E-state index contributed by atoms with van der Waals surface area (Å²) < 4.78 is 6.55. The summed E-state index contributed by atoms with van der Waals surface area (Å²) >= 11 is 2.22. The fourth-order valence-electron chi connectivity index (χ4n) is 2.51. The molecule has 114 valence electrons. The molecule has 0 N–H and O–H groups in total. The van der Waals surface area contributed by atoms with Gasteiger partial charge in [-0.2, -0.15) is 0 Å². The van der Waals surface area contributed by atoms with Crippen molar-refractivity contribution in [1.29, 1.82) is 0 Å². The highest BCUT2D eigenvalue weighted by Crippen LogP contribution is 2.25. The highest BCUT2D eigenvalue weighted by molar-refractivity contribution is 14.1. The minimum absolute atomic E-state index is 0.701. The fourth-order valence-corrected chi connectivity index (χ4v) is 2.79. The molecule has 0 atom stereocenters. The van der Waals surface area contributed by atoms with Crippen LogP contribution in [0.1, 0.15) is 18.9 Å². The Morgan fingerprint density at radius 3 is 2.50 bits per heavy atom. The van der Waals surface area contributed by atoms with Gasteiger partial charge in [-0.25, -0.2) is 9.97 Å². The lowest BCUT2D eigenvalue weighted by molar-refractivity contribution is 0.340. The topological polar surface area (TPSA) is 38.2 Å². The summed E-state index contributed by atoms with van der Waals surface area (Å²) in [6.45, 7) is 4.49. The maximum Gasteiger partial charge on any atom is 0.225 e. The molecule has 5 heteroatoms. The van der Waals surface area contributed by atoms with Crippen molar-refractivity contribution in [2.75, 3.05) is 24.6 Å². The largest absolute Gasteiger partial charge is 0.494 e. The van der Waals surface area contributed by atoms with Crippen LogP contribution in [0.2, 0.25) is 0 Å². The average Bonchev–Trinajstić information content (AvgIpc) is 2.57. The highest BCUT2D eigenvalue weighted by Gasteiger charge is 2.15. The van der Waals surface area contributed by atoms with Gasteiger partial charge < -0.3 is 9.64 Å². The number of benzene rings is 1. The van der Waals surface area contributed by atoms with Gasteiger partial charge in [-0.3, -0.25) is 0 Å². The van der Waals surface area contributed by atoms with E-state index in [4.69, 9.17) is 4.74 Å². The molecular formula is C17H18IN3O. The molecule has 1 aliphatic heterocycles. The third-order valence-electron chi connectivity index (χ3n) is 3.63. The van der Waals surface area contributed by atoms with Crippen LogP contribution >= 0.6 is 22.6 Å². The molecule has 0 bridgehead atoms. The van der Waals surface area contributed by atoms with E-state index in [1.54, 1.807) is 0 Å². The summed E-state index contributed by atoms with van der Waals surface area (Å²) in [5.41, 5.74) is 2.65. The molecule has 3 rings (SSSR count). The normalized spacial score (nSPS) is 14.6. The van der Waals surface area contributed by atoms with Crippen LogP contribution in [0.3, 0.4) is 0 Å². The minimum Gasteiger partial charge on any atom is -0.494 e. The van der Waals surface area contributed by atoms with Gasteiger partial charge in [-0.15, -0.1) is 0 Å². The Labute approximate surface area is 144 Å². The Morgan fingerprint density at radius 2 is 1.91 bits per heavy atom. The monoisotopic (exact) mass is 407 g/mol. The molecule has 0 fully saturated rings. The first-order valence-electron chi connectivity index (χ1n) is 7.41. The zero-order valence-corrected chi connectivity index (χ0v) is 14.7. The van der Waals surface area contributed by atoms with E-state index < -0.39 is 0 Å². The average molecular weight is 407 g/mol. The van der Waals surface area contributed by atoms with Crippen molar-refractivity contribution in [2.24, 2.45) is 0 Å². The van der Waals surface area contributed by atoms with Gasteiger partial charge in [0.05, 0.1) is 6.61 Å². The van der Waals surface area contributed by atoms with Crippen molar-refractivity contribution in [3.05, 3.63) is 51.9 Å². The van der Waals surface area contributed by atoms with Crippen LogP contribution in [0.15, 0.2) is 42.7 Å². The predicted molar refractivity (Wildman–Crippen MR) is 97.2 cm³/mol. The lowest BCUT2D eigenvalue weighted by atomic mass is 9.99. The Morgan fingerprint density at radius 1 is 1.18 bits per heavy atom. The molecular weight excluding hydrogens is 389 g/mol. The van der Waals surface area contributed by atoms with Crippen LogP contribution in [-0.2, 0) is 0 Å². The first kappa shape index (κ1) is 15.3. The molecule has 22 heavy (non-hydrogen) atoms. The summed E-state index contributed by atoms with van der Waals surface area (Å²) in [4.78, 5) is 11.0. The van der Waals surface area contributed by atoms with E-state index in [0.29, 0.717) is 6.61 Å². The van der Waals surface area contributed by atoms with Gasteiger partial charge >= 0.3 is 0 Å². The zero-order chi connectivity index (χ0) is 15.4. The third-order valence-corrected chi connectivity index (χ3v) is 4.19. The number of hydrogen-bond acceptors (Lipinski definition) is 4. The molecule has 0 radical (unpaired) electrons. The van der Waals surface area contributed by atoms with Gasteiger partial charge in [-0.05, 0) is 59.2 Å². The lowest BCUT2D eigenvalue weighted by Gasteiger charge is -2.26. The van der Waals surface area contributed by atoms with Crippen molar-refractivity contribution in [3.63, 3.8) is 0 Å². The molecule has 0 saturated carbocycles. The standard InChI is InChI=1S/C17H18IN3O/c1-2-22-16-5-3-13(4-6-16)14-7-9-21(10-8-14)17-19-11-15(18)12-20-17/h3-7,11-12H,2,8-10H2,1H3. The summed E-state index contributed by atoms with van der Waals surface area (Å²) in [6, 6.07) is 8.34. The van der Waals surface area contributed by atoms with Gasteiger partial charge in [0.15, 0.2) is 0 Å². The summed E-state index contributed by atoms with van der Waals surface area (Å²) in [6.07, 6.45) is 6.98. The maximum absolute atomic E-state index is 5.49. The van der Waals surface area contributed by atoms with E-state index in [2.05, 4.69) is 55.7 Å². The molecule has 1 aromatic heterocycles. The van der Waals surface area contributed by atoms with Crippen molar-refractivity contribution < 1.29 is 4.74 Å². The second-order valence-corrected chi connectivity index (χ2v) is 6.33. The molecule has 1 aromatic carbocycles. The van der Waals surface area contributed by atoms with Crippen molar-refractivity contribution in [3.8, 4) is 5.75 Å². The molecule has 0 aliphatic carbocycles. The second kappa shape index (κ2) is 7.09. The highest BCUT2D eigenvalue weighted by atomic mass is 127. The SMILES string of the molecule is CCOc1ccc(C2=CCN(c3ncc(I)cn3)CC2)cc1. The minimum atomic E-state index is 0.701. The van der Waals surface area contributed by atoms with E-state index in [9.17, 15) is 0 Å². The Balaban J connectivity index is 1.69. The molecule has 1 aliphatic rings. The Hall–Kier alpha value is -1.63. The van der Waals surface area contributed by atoms with Gasteiger partial charge in [0.25, 0.3) is 0 Å². The van der Waals surface area contributed by atoms with Crippen molar-refractivity contribution in [1.82, 2.24) is 9.97 Å². The molecule has 4 nitrogen and oxygen atoms in total. The quantitative estimate of drug-likeness (QED) is 0.724. The van der Waals surface area contributed by atoms with Gasteiger partial charge in [0, 0.05) is 29.1 Å². The number of ether oxygens (including phenoxy) is 1. The van der Waals surface area contributed by atoms with Gasteiger partial charge in [-0.1, -0.05) is 18.2 Å². The van der Waals surface area contributed by atoms with Crippen LogP contribution in [0.4, 0.5) is 5.95 Å². The van der Waals surface area contributed by atoms with Crippen LogP contribution in [0.5, 0.6) is 5.75 Å². The number of halogens is 1. The number of aromatic nitrogens is 2. The smallest absolute Gasteiger partial charge is 0.225 e. The van der Waals surface area contributed by atoms with E-state index in [0.717, 1.165) is 34.8 Å². The second-order valence-electron chi connectivity index (χ2n) is 5.08. The first-order chi connectivity index (χ1) is 10.8. The Kier molecular flexibility index (Phi) is 4.92. The first-order valence-corrected chi connectivity index (χ1v) is 8.49. The maximum atomic E-state index is 5.49. The van der Waals surface area contributed by atoms with Gasteiger partial charge in [0.2, 0.25) is 5.95 Å². The Bertz CT molecular complexity index is 653. The van der Waals surface area contributed by atoms with E-state index in [-0.39, 0.29) is 0 Å². The molecule has 2 heterocycles. The van der Waals surface area contributed by atoms with Gasteiger partial charge in [0.1, 0.15) is 5.75 Å².